The maximum Gasteiger partial charge on any atom is 0.260 e. The van der Waals surface area contributed by atoms with E-state index in [4.69, 9.17) is 4.43 Å². The second kappa shape index (κ2) is 6.63. The third-order valence-electron chi connectivity index (χ3n) is 3.72. The molecule has 2 atom stereocenters. The Bertz CT molecular complexity index is 276. The van der Waals surface area contributed by atoms with Crippen molar-refractivity contribution < 1.29 is 14.5 Å². The summed E-state index contributed by atoms with van der Waals surface area (Å²) < 4.78 is 5.82. The van der Waals surface area contributed by atoms with Gasteiger partial charge in [0, 0.05) is 4.92 Å². The van der Waals surface area contributed by atoms with Crippen molar-refractivity contribution in [2.24, 2.45) is 0 Å². The molecule has 0 aromatic heterocycles. The van der Waals surface area contributed by atoms with Gasteiger partial charge in [-0.05, 0) is 24.6 Å². The SMILES string of the molecule is CCC[C@@H](O)[C@@H](CO[Si](C)(C)C(C)(C)C)[N+](=O)[O-]. The third kappa shape index (κ3) is 5.03. The van der Waals surface area contributed by atoms with Crippen molar-refractivity contribution in [3.63, 3.8) is 0 Å². The van der Waals surface area contributed by atoms with E-state index in [-0.39, 0.29) is 11.6 Å². The second-order valence-corrected chi connectivity index (χ2v) is 11.1. The van der Waals surface area contributed by atoms with Crippen LogP contribution in [0.1, 0.15) is 40.5 Å². The minimum atomic E-state index is -2.00. The largest absolute Gasteiger partial charge is 0.410 e. The first kappa shape index (κ1) is 17.5. The van der Waals surface area contributed by atoms with Crippen molar-refractivity contribution >= 4 is 8.32 Å². The molecule has 0 aliphatic carbocycles. The van der Waals surface area contributed by atoms with Crippen LogP contribution in [-0.4, -0.2) is 37.1 Å². The van der Waals surface area contributed by atoms with Crippen LogP contribution in [0.15, 0.2) is 0 Å². The highest BCUT2D eigenvalue weighted by Crippen LogP contribution is 2.36. The molecule has 0 saturated carbocycles. The van der Waals surface area contributed by atoms with Gasteiger partial charge in [-0.15, -0.1) is 0 Å². The quantitative estimate of drug-likeness (QED) is 0.441. The molecule has 0 spiro atoms. The molecule has 0 fully saturated rings. The van der Waals surface area contributed by atoms with E-state index in [1.54, 1.807) is 0 Å². The molecule has 0 aliphatic heterocycles. The van der Waals surface area contributed by atoms with Crippen molar-refractivity contribution in [2.45, 2.75) is 70.8 Å². The normalized spacial score (nSPS) is 16.4. The van der Waals surface area contributed by atoms with Crippen LogP contribution in [0, 0.1) is 10.1 Å². The highest BCUT2D eigenvalue weighted by molar-refractivity contribution is 6.74. The lowest BCUT2D eigenvalue weighted by atomic mass is 10.1. The first-order valence-corrected chi connectivity index (χ1v) is 9.39. The monoisotopic (exact) mass is 277 g/mol. The molecule has 0 amide bonds. The first-order chi connectivity index (χ1) is 8.03. The van der Waals surface area contributed by atoms with Gasteiger partial charge in [0.15, 0.2) is 8.32 Å². The lowest BCUT2D eigenvalue weighted by Gasteiger charge is -2.36. The summed E-state index contributed by atoms with van der Waals surface area (Å²) in [4.78, 5) is 10.5. The summed E-state index contributed by atoms with van der Waals surface area (Å²) in [5.74, 6) is 0. The molecule has 0 bridgehead atoms. The Morgan fingerprint density at radius 3 is 2.22 bits per heavy atom. The minimum Gasteiger partial charge on any atom is -0.410 e. The summed E-state index contributed by atoms with van der Waals surface area (Å²) in [6.07, 6.45) is 0.243. The van der Waals surface area contributed by atoms with Gasteiger partial charge in [-0.3, -0.25) is 10.1 Å². The predicted molar refractivity (Wildman–Crippen MR) is 74.8 cm³/mol. The predicted octanol–water partition coefficient (Wildman–Crippen LogP) is 2.81. The van der Waals surface area contributed by atoms with E-state index in [1.165, 1.54) is 0 Å². The number of aliphatic hydroxyl groups excluding tert-OH is 1. The molecule has 108 valence electrons. The van der Waals surface area contributed by atoms with E-state index in [9.17, 15) is 15.2 Å². The standard InChI is InChI=1S/C12H27NO4Si/c1-7-8-11(14)10(13(15)16)9-17-18(5,6)12(2,3)4/h10-11,14H,7-9H2,1-6H3/t10-,11-/m1/s1. The van der Waals surface area contributed by atoms with Crippen LogP contribution >= 0.6 is 0 Å². The summed E-state index contributed by atoms with van der Waals surface area (Å²) in [6.45, 7) is 12.3. The Hall–Kier alpha value is -0.463. The van der Waals surface area contributed by atoms with Gasteiger partial charge in [-0.1, -0.05) is 34.1 Å². The number of hydrogen-bond donors (Lipinski definition) is 1. The molecule has 0 aromatic carbocycles. The van der Waals surface area contributed by atoms with E-state index in [0.29, 0.717) is 6.42 Å². The summed E-state index contributed by atoms with van der Waals surface area (Å²) in [6, 6.07) is -1.01. The second-order valence-electron chi connectivity index (χ2n) is 6.28. The zero-order valence-electron chi connectivity index (χ0n) is 12.4. The first-order valence-electron chi connectivity index (χ1n) is 6.48. The number of aliphatic hydroxyl groups is 1. The Kier molecular flexibility index (Phi) is 6.46. The lowest BCUT2D eigenvalue weighted by Crippen LogP contribution is -2.46. The van der Waals surface area contributed by atoms with Crippen molar-refractivity contribution in [3.8, 4) is 0 Å². The van der Waals surface area contributed by atoms with Crippen molar-refractivity contribution in [1.29, 1.82) is 0 Å². The summed E-state index contributed by atoms with van der Waals surface area (Å²) >= 11 is 0. The smallest absolute Gasteiger partial charge is 0.260 e. The van der Waals surface area contributed by atoms with E-state index in [0.717, 1.165) is 6.42 Å². The zero-order valence-corrected chi connectivity index (χ0v) is 13.4. The van der Waals surface area contributed by atoms with Gasteiger partial charge in [0.25, 0.3) is 6.04 Å². The molecule has 1 N–H and O–H groups in total. The molecule has 0 aliphatic rings. The Morgan fingerprint density at radius 2 is 1.89 bits per heavy atom. The Morgan fingerprint density at radius 1 is 1.39 bits per heavy atom. The van der Waals surface area contributed by atoms with Crippen LogP contribution in [0.2, 0.25) is 18.1 Å². The maximum absolute atomic E-state index is 11.0. The van der Waals surface area contributed by atoms with Gasteiger partial charge in [0.2, 0.25) is 0 Å². The lowest BCUT2D eigenvalue weighted by molar-refractivity contribution is -0.537. The van der Waals surface area contributed by atoms with Crippen molar-refractivity contribution in [3.05, 3.63) is 10.1 Å². The van der Waals surface area contributed by atoms with Crippen LogP contribution in [-0.2, 0) is 4.43 Å². The number of nitro groups is 1. The van der Waals surface area contributed by atoms with Gasteiger partial charge in [-0.25, -0.2) is 0 Å². The van der Waals surface area contributed by atoms with Crippen LogP contribution in [0.4, 0.5) is 0 Å². The zero-order chi connectivity index (χ0) is 14.6. The number of hydrogen-bond acceptors (Lipinski definition) is 4. The average molecular weight is 277 g/mol. The Balaban J connectivity index is 4.59. The molecule has 18 heavy (non-hydrogen) atoms. The molecule has 5 nitrogen and oxygen atoms in total. The fourth-order valence-corrected chi connectivity index (χ4v) is 2.33. The fraction of sp³-hybridized carbons (Fsp3) is 1.00. The van der Waals surface area contributed by atoms with Gasteiger partial charge in [0.05, 0.1) is 0 Å². The summed E-state index contributed by atoms with van der Waals surface area (Å²) in [7, 11) is -2.00. The Labute approximate surface area is 111 Å². The number of nitrogens with zero attached hydrogens (tertiary/aromatic N) is 1. The summed E-state index contributed by atoms with van der Waals surface area (Å²) in [5.41, 5.74) is 0. The highest BCUT2D eigenvalue weighted by atomic mass is 28.4. The molecular formula is C12H27NO4Si. The number of rotatable bonds is 7. The van der Waals surface area contributed by atoms with Crippen LogP contribution in [0.5, 0.6) is 0 Å². The highest BCUT2D eigenvalue weighted by Gasteiger charge is 2.40. The van der Waals surface area contributed by atoms with Gasteiger partial charge < -0.3 is 9.53 Å². The molecule has 0 aromatic rings. The van der Waals surface area contributed by atoms with Gasteiger partial charge in [0.1, 0.15) is 12.7 Å². The molecule has 6 heteroatoms. The van der Waals surface area contributed by atoms with E-state index >= 15 is 0 Å². The molecule has 0 heterocycles. The topological polar surface area (TPSA) is 72.6 Å². The summed E-state index contributed by atoms with van der Waals surface area (Å²) in [5, 5.41) is 20.8. The van der Waals surface area contributed by atoms with Crippen LogP contribution < -0.4 is 0 Å². The molecule has 0 rings (SSSR count). The fourth-order valence-electron chi connectivity index (χ4n) is 1.31. The molecule has 0 saturated heterocycles. The van der Waals surface area contributed by atoms with Crippen LogP contribution in [0.25, 0.3) is 0 Å². The van der Waals surface area contributed by atoms with E-state index < -0.39 is 25.4 Å². The van der Waals surface area contributed by atoms with Gasteiger partial charge in [-0.2, -0.15) is 0 Å². The molecule has 0 unspecified atom stereocenters. The molecular weight excluding hydrogens is 250 g/mol. The van der Waals surface area contributed by atoms with Crippen molar-refractivity contribution in [2.75, 3.05) is 6.61 Å². The van der Waals surface area contributed by atoms with Crippen LogP contribution in [0.3, 0.4) is 0 Å². The average Bonchev–Trinajstić information content (AvgIpc) is 2.15. The van der Waals surface area contributed by atoms with Gasteiger partial charge >= 0.3 is 0 Å². The van der Waals surface area contributed by atoms with Crippen molar-refractivity contribution in [1.82, 2.24) is 0 Å². The van der Waals surface area contributed by atoms with E-state index in [2.05, 4.69) is 33.9 Å². The van der Waals surface area contributed by atoms with E-state index in [1.807, 2.05) is 6.92 Å². The minimum absolute atomic E-state index is 0.00462. The third-order valence-corrected chi connectivity index (χ3v) is 8.22. The maximum atomic E-state index is 11.0. The molecule has 0 radical (unpaired) electrons.